The highest BCUT2D eigenvalue weighted by Gasteiger charge is 2.26. The predicted molar refractivity (Wildman–Crippen MR) is 135 cm³/mol. The zero-order valence-electron chi connectivity index (χ0n) is 21.4. The van der Waals surface area contributed by atoms with Gasteiger partial charge in [-0.3, -0.25) is 9.59 Å². The second-order valence-electron chi connectivity index (χ2n) is 8.81. The number of amides is 2. The lowest BCUT2D eigenvalue weighted by Crippen LogP contribution is -2.45. The highest BCUT2D eigenvalue weighted by atomic mass is 16.5. The third-order valence-corrected chi connectivity index (χ3v) is 6.02. The Labute approximate surface area is 205 Å². The maximum atomic E-state index is 13.5. The molecule has 0 saturated heterocycles. The predicted octanol–water partition coefficient (Wildman–Crippen LogP) is 5.59. The number of hydrogen-bond acceptors (Lipinski definition) is 4. The largest absolute Gasteiger partial charge is 0.464 e. The van der Waals surface area contributed by atoms with Crippen LogP contribution in [0.4, 0.5) is 0 Å². The molecule has 6 heteroatoms. The summed E-state index contributed by atoms with van der Waals surface area (Å²) in [5.74, 6) is 1.51. The highest BCUT2D eigenvalue weighted by molar-refractivity contribution is 5.86. The molecular weight excluding hydrogens is 428 g/mol. The van der Waals surface area contributed by atoms with Gasteiger partial charge in [0.2, 0.25) is 11.8 Å². The topological polar surface area (TPSA) is 63.0 Å². The average Bonchev–Trinajstić information content (AvgIpc) is 3.26. The van der Waals surface area contributed by atoms with Crippen LogP contribution in [0, 0.1) is 12.8 Å². The Hall–Kier alpha value is -2.60. The van der Waals surface area contributed by atoms with Gasteiger partial charge in [-0.2, -0.15) is 0 Å². The number of carbonyl (C=O) groups is 2. The standard InChI is InChI=1S/C28H42N2O4/c1-5-8-15-25(6-2)28(32)29(18-12-19-33-7-3)22-27(31)30(20-24-13-10-9-11-14-24)21-26-17-16-23(4)34-26/h9-11,13-14,16-17,25H,5-8,12,15,18-22H2,1-4H3. The van der Waals surface area contributed by atoms with Gasteiger partial charge in [0.1, 0.15) is 11.5 Å². The van der Waals surface area contributed by atoms with E-state index in [0.717, 1.165) is 42.8 Å². The fourth-order valence-corrected chi connectivity index (χ4v) is 4.04. The third kappa shape index (κ3) is 9.34. The molecule has 0 aliphatic carbocycles. The van der Waals surface area contributed by atoms with Gasteiger partial charge >= 0.3 is 0 Å². The minimum absolute atomic E-state index is 0.0462. The Balaban J connectivity index is 2.18. The Morgan fingerprint density at radius 1 is 0.971 bits per heavy atom. The molecule has 2 rings (SSSR count). The smallest absolute Gasteiger partial charge is 0.242 e. The van der Waals surface area contributed by atoms with Crippen LogP contribution < -0.4 is 0 Å². The maximum absolute atomic E-state index is 13.5. The number of hydrogen-bond donors (Lipinski definition) is 0. The number of carbonyl (C=O) groups excluding carboxylic acids is 2. The summed E-state index contributed by atoms with van der Waals surface area (Å²) >= 11 is 0. The molecule has 188 valence electrons. The van der Waals surface area contributed by atoms with Crippen LogP contribution >= 0.6 is 0 Å². The van der Waals surface area contributed by atoms with Gasteiger partial charge in [0.05, 0.1) is 13.1 Å². The zero-order chi connectivity index (χ0) is 24.8. The minimum Gasteiger partial charge on any atom is -0.464 e. The van der Waals surface area contributed by atoms with Crippen molar-refractivity contribution in [2.45, 2.75) is 72.9 Å². The number of nitrogens with zero attached hydrogens (tertiary/aromatic N) is 2. The lowest BCUT2D eigenvalue weighted by molar-refractivity contribution is -0.144. The quantitative estimate of drug-likeness (QED) is 0.300. The van der Waals surface area contributed by atoms with Crippen LogP contribution in [0.3, 0.4) is 0 Å². The minimum atomic E-state index is -0.0759. The van der Waals surface area contributed by atoms with Crippen LogP contribution in [0.15, 0.2) is 46.9 Å². The molecule has 1 aromatic heterocycles. The number of furan rings is 1. The molecule has 6 nitrogen and oxygen atoms in total. The molecule has 0 N–H and O–H groups in total. The zero-order valence-corrected chi connectivity index (χ0v) is 21.4. The fourth-order valence-electron chi connectivity index (χ4n) is 4.04. The van der Waals surface area contributed by atoms with Crippen molar-refractivity contribution in [3.8, 4) is 0 Å². The monoisotopic (exact) mass is 470 g/mol. The van der Waals surface area contributed by atoms with Gasteiger partial charge in [-0.15, -0.1) is 0 Å². The van der Waals surface area contributed by atoms with E-state index < -0.39 is 0 Å². The third-order valence-electron chi connectivity index (χ3n) is 6.02. The Bertz CT molecular complexity index is 849. The number of rotatable bonds is 16. The van der Waals surface area contributed by atoms with Crippen molar-refractivity contribution in [3.63, 3.8) is 0 Å². The summed E-state index contributed by atoms with van der Waals surface area (Å²) in [4.78, 5) is 30.5. The average molecular weight is 471 g/mol. The van der Waals surface area contributed by atoms with Crippen LogP contribution in [0.1, 0.15) is 70.0 Å². The fraction of sp³-hybridized carbons (Fsp3) is 0.571. The van der Waals surface area contributed by atoms with Crippen molar-refractivity contribution in [3.05, 3.63) is 59.5 Å². The van der Waals surface area contributed by atoms with Gasteiger partial charge in [0.25, 0.3) is 0 Å². The first-order valence-electron chi connectivity index (χ1n) is 12.7. The lowest BCUT2D eigenvalue weighted by atomic mass is 9.97. The summed E-state index contributed by atoms with van der Waals surface area (Å²) in [6, 6.07) is 13.7. The van der Waals surface area contributed by atoms with Crippen LogP contribution in [-0.4, -0.2) is 47.9 Å². The number of unbranched alkanes of at least 4 members (excludes halogenated alkanes) is 1. The molecule has 0 radical (unpaired) electrons. The normalized spacial score (nSPS) is 11.9. The molecule has 0 aliphatic rings. The number of aryl methyl sites for hydroxylation is 1. The molecule has 1 aromatic carbocycles. The second kappa shape index (κ2) is 15.3. The van der Waals surface area contributed by atoms with E-state index in [1.165, 1.54) is 0 Å². The Morgan fingerprint density at radius 3 is 2.35 bits per heavy atom. The van der Waals surface area contributed by atoms with Crippen molar-refractivity contribution in [1.82, 2.24) is 9.80 Å². The van der Waals surface area contributed by atoms with Gasteiger partial charge in [0, 0.05) is 32.2 Å². The van der Waals surface area contributed by atoms with E-state index in [-0.39, 0.29) is 24.3 Å². The van der Waals surface area contributed by atoms with Gasteiger partial charge in [-0.1, -0.05) is 57.0 Å². The molecule has 0 spiro atoms. The number of ether oxygens (including phenoxy) is 1. The first kappa shape index (κ1) is 27.6. The van der Waals surface area contributed by atoms with Crippen LogP contribution in [0.25, 0.3) is 0 Å². The first-order valence-corrected chi connectivity index (χ1v) is 12.7. The Morgan fingerprint density at radius 2 is 1.74 bits per heavy atom. The molecule has 1 heterocycles. The molecule has 0 fully saturated rings. The van der Waals surface area contributed by atoms with Gasteiger partial charge < -0.3 is 19.0 Å². The van der Waals surface area contributed by atoms with Crippen molar-refractivity contribution in [2.24, 2.45) is 5.92 Å². The van der Waals surface area contributed by atoms with Gasteiger partial charge in [-0.25, -0.2) is 0 Å². The summed E-state index contributed by atoms with van der Waals surface area (Å²) in [5.41, 5.74) is 1.04. The first-order chi connectivity index (χ1) is 16.5. The molecule has 2 amide bonds. The maximum Gasteiger partial charge on any atom is 0.242 e. The van der Waals surface area contributed by atoms with Gasteiger partial charge in [-0.05, 0) is 50.8 Å². The van der Waals surface area contributed by atoms with Crippen LogP contribution in [-0.2, 0) is 27.4 Å². The lowest BCUT2D eigenvalue weighted by Gasteiger charge is -2.30. The van der Waals surface area contributed by atoms with Gasteiger partial charge in [0.15, 0.2) is 0 Å². The van der Waals surface area contributed by atoms with E-state index in [0.29, 0.717) is 39.3 Å². The van der Waals surface area contributed by atoms with E-state index >= 15 is 0 Å². The van der Waals surface area contributed by atoms with Crippen LogP contribution in [0.2, 0.25) is 0 Å². The van der Waals surface area contributed by atoms with Crippen LogP contribution in [0.5, 0.6) is 0 Å². The summed E-state index contributed by atoms with van der Waals surface area (Å²) < 4.78 is 11.2. The summed E-state index contributed by atoms with van der Waals surface area (Å²) in [6.07, 6.45) is 4.44. The molecule has 1 atom stereocenters. The molecule has 2 aromatic rings. The summed E-state index contributed by atoms with van der Waals surface area (Å²) in [6.45, 7) is 10.7. The van der Waals surface area contributed by atoms with Crippen molar-refractivity contribution < 1.29 is 18.7 Å². The molecule has 0 aliphatic heterocycles. The van der Waals surface area contributed by atoms with E-state index in [4.69, 9.17) is 9.15 Å². The van der Waals surface area contributed by atoms with E-state index in [2.05, 4.69) is 13.8 Å². The van der Waals surface area contributed by atoms with Crippen molar-refractivity contribution in [1.29, 1.82) is 0 Å². The molecule has 0 saturated carbocycles. The second-order valence-corrected chi connectivity index (χ2v) is 8.81. The van der Waals surface area contributed by atoms with Crippen molar-refractivity contribution >= 4 is 11.8 Å². The summed E-state index contributed by atoms with van der Waals surface area (Å²) in [5, 5.41) is 0. The summed E-state index contributed by atoms with van der Waals surface area (Å²) in [7, 11) is 0. The van der Waals surface area contributed by atoms with E-state index in [1.807, 2.05) is 56.3 Å². The van der Waals surface area contributed by atoms with Crippen molar-refractivity contribution in [2.75, 3.05) is 26.3 Å². The SMILES string of the molecule is CCCCC(CC)C(=O)N(CCCOCC)CC(=O)N(Cc1ccccc1)Cc1ccc(C)o1. The van der Waals surface area contributed by atoms with E-state index in [9.17, 15) is 9.59 Å². The highest BCUT2D eigenvalue weighted by Crippen LogP contribution is 2.18. The molecule has 1 unspecified atom stereocenters. The molecule has 0 bridgehead atoms. The number of benzene rings is 1. The van der Waals surface area contributed by atoms with E-state index in [1.54, 1.807) is 9.80 Å². The Kier molecular flexibility index (Phi) is 12.5. The molecule has 34 heavy (non-hydrogen) atoms. The molecular formula is C28H42N2O4.